The van der Waals surface area contributed by atoms with Crippen LogP contribution in [0.3, 0.4) is 0 Å². The molecule has 0 saturated carbocycles. The molecule has 5 atom stereocenters. The summed E-state index contributed by atoms with van der Waals surface area (Å²) < 4.78 is 22.0. The fourth-order valence-corrected chi connectivity index (χ4v) is 3.61. The first-order chi connectivity index (χ1) is 16.5. The molecule has 12 nitrogen and oxygen atoms in total. The molecular weight excluding hydrogens is 468 g/mol. The number of phenols is 4. The minimum absolute atomic E-state index is 0.0331. The third-order valence-corrected chi connectivity index (χ3v) is 5.42. The number of rotatable bonds is 5. The van der Waals surface area contributed by atoms with Crippen molar-refractivity contribution in [2.45, 2.75) is 37.6 Å². The Morgan fingerprint density at radius 1 is 0.943 bits per heavy atom. The van der Waals surface area contributed by atoms with Gasteiger partial charge in [-0.1, -0.05) is 0 Å². The Kier molecular flexibility index (Phi) is 6.54. The van der Waals surface area contributed by atoms with Gasteiger partial charge in [0.1, 0.15) is 47.9 Å². The van der Waals surface area contributed by atoms with Crippen LogP contribution in [0.15, 0.2) is 40.8 Å². The largest absolute Gasteiger partial charge is 0.507 e. The lowest BCUT2D eigenvalue weighted by atomic mass is 9.99. The predicted octanol–water partition coefficient (Wildman–Crippen LogP) is 0.953. The molecule has 35 heavy (non-hydrogen) atoms. The molecule has 12 heteroatoms. The van der Waals surface area contributed by atoms with Crippen LogP contribution in [0.5, 0.6) is 28.7 Å². The highest BCUT2D eigenvalue weighted by molar-refractivity contribution is 5.88. The van der Waals surface area contributed by atoms with Gasteiger partial charge in [0.15, 0.2) is 11.5 Å². The second kappa shape index (κ2) is 9.43. The Hall–Kier alpha value is -3.84. The summed E-state index contributed by atoms with van der Waals surface area (Å²) in [5, 5.41) is 70.7. The van der Waals surface area contributed by atoms with Crippen molar-refractivity contribution in [3.8, 4) is 40.1 Å². The number of fused-ring (bicyclic) bond motifs is 1. The zero-order valence-corrected chi connectivity index (χ0v) is 18.2. The molecule has 1 fully saturated rings. The summed E-state index contributed by atoms with van der Waals surface area (Å²) in [5.74, 6) is -2.38. The fraction of sp³-hybridized carbons (Fsp3) is 0.304. The lowest BCUT2D eigenvalue weighted by Gasteiger charge is -2.39. The van der Waals surface area contributed by atoms with E-state index in [1.54, 1.807) is 0 Å². The maximum atomic E-state index is 11.2. The average Bonchev–Trinajstić information content (AvgIpc) is 2.80. The smallest absolute Gasteiger partial charge is 0.402 e. The Bertz CT molecular complexity index is 1260. The third kappa shape index (κ3) is 4.86. The molecule has 2 aromatic carbocycles. The first-order valence-corrected chi connectivity index (χ1v) is 10.4. The molecule has 0 amide bonds. The lowest BCUT2D eigenvalue weighted by molar-refractivity contribution is -0.278. The summed E-state index contributed by atoms with van der Waals surface area (Å²) in [5.41, 5.74) is 0.230. The molecule has 1 aliphatic rings. The van der Waals surface area contributed by atoms with E-state index in [0.29, 0.717) is 0 Å². The zero-order chi connectivity index (χ0) is 25.4. The summed E-state index contributed by atoms with van der Waals surface area (Å²) in [4.78, 5) is 11.2. The Labute approximate surface area is 197 Å². The Morgan fingerprint density at radius 3 is 2.37 bits per heavy atom. The number of aliphatic hydroxyl groups is 3. The molecule has 7 N–H and O–H groups in total. The maximum Gasteiger partial charge on any atom is 0.402 e. The van der Waals surface area contributed by atoms with Crippen LogP contribution in [0.25, 0.3) is 22.3 Å². The van der Waals surface area contributed by atoms with Crippen LogP contribution in [0.2, 0.25) is 0 Å². The highest BCUT2D eigenvalue weighted by Crippen LogP contribution is 2.42. The number of carbonyl (C=O) groups is 1. The average molecular weight is 491 g/mol. The maximum absolute atomic E-state index is 11.2. The van der Waals surface area contributed by atoms with E-state index in [4.69, 9.17) is 18.6 Å². The van der Waals surface area contributed by atoms with Gasteiger partial charge >= 0.3 is 17.3 Å². The van der Waals surface area contributed by atoms with Gasteiger partial charge in [-0.05, 0) is 12.1 Å². The molecular formula is C23H23O12+. The van der Waals surface area contributed by atoms with Crippen LogP contribution < -0.4 is 4.74 Å². The van der Waals surface area contributed by atoms with E-state index in [9.17, 15) is 40.5 Å². The van der Waals surface area contributed by atoms with Gasteiger partial charge in [0.05, 0.1) is 11.6 Å². The predicted molar refractivity (Wildman–Crippen MR) is 117 cm³/mol. The molecule has 2 heterocycles. The van der Waals surface area contributed by atoms with Crippen LogP contribution in [-0.4, -0.2) is 79.0 Å². The normalized spacial score (nSPS) is 24.3. The van der Waals surface area contributed by atoms with Crippen molar-refractivity contribution in [1.82, 2.24) is 0 Å². The van der Waals surface area contributed by atoms with E-state index >= 15 is 0 Å². The monoisotopic (exact) mass is 491 g/mol. The van der Waals surface area contributed by atoms with Crippen molar-refractivity contribution in [2.24, 2.45) is 0 Å². The highest BCUT2D eigenvalue weighted by Gasteiger charge is 2.46. The van der Waals surface area contributed by atoms with E-state index in [0.717, 1.165) is 19.1 Å². The number of ether oxygens (including phenoxy) is 3. The second-order valence-electron chi connectivity index (χ2n) is 7.96. The summed E-state index contributed by atoms with van der Waals surface area (Å²) >= 11 is 0. The number of phenolic OH excluding ortho intramolecular Hbond substituents is 4. The second-order valence-corrected chi connectivity index (χ2v) is 7.96. The van der Waals surface area contributed by atoms with Crippen LogP contribution in [0, 0.1) is 0 Å². The molecule has 186 valence electrons. The summed E-state index contributed by atoms with van der Waals surface area (Å²) in [6, 6.07) is 7.33. The summed E-state index contributed by atoms with van der Waals surface area (Å²) in [7, 11) is 0. The van der Waals surface area contributed by atoms with E-state index in [1.807, 2.05) is 0 Å². The molecule has 3 aromatic rings. The van der Waals surface area contributed by atoms with Gasteiger partial charge in [-0.2, -0.15) is 0 Å². The molecule has 1 saturated heterocycles. The molecule has 0 radical (unpaired) electrons. The van der Waals surface area contributed by atoms with Crippen molar-refractivity contribution in [2.75, 3.05) is 6.61 Å². The first-order valence-electron chi connectivity index (χ1n) is 10.4. The number of benzene rings is 2. The number of aliphatic hydroxyl groups excluding tert-OH is 3. The third-order valence-electron chi connectivity index (χ3n) is 5.42. The fourth-order valence-electron chi connectivity index (χ4n) is 3.61. The van der Waals surface area contributed by atoms with Crippen LogP contribution in [-0.2, 0) is 14.3 Å². The van der Waals surface area contributed by atoms with Gasteiger partial charge < -0.3 is 50.0 Å². The standard InChI is InChI=1S/C23H22O12/c1-9(24)32-8-18-19(29)20(30)21(31)23(35-18)34-17-7-12-14(27)5-11(25)6-16(12)33-22(17)10-2-3-13(26)15(28)4-10/h2-7,18-21,23,29-31H,8H2,1H3,(H3-,25,26,27,28)/p+1/t18-,19-,20+,21?,23?/m0/s1. The first kappa shape index (κ1) is 24.3. The van der Waals surface area contributed by atoms with Crippen molar-refractivity contribution in [3.05, 3.63) is 36.4 Å². The molecule has 0 spiro atoms. The number of carbonyl (C=O) groups excluding carboxylic acids is 1. The van der Waals surface area contributed by atoms with Crippen LogP contribution in [0.4, 0.5) is 0 Å². The Morgan fingerprint density at radius 2 is 1.69 bits per heavy atom. The van der Waals surface area contributed by atoms with Crippen molar-refractivity contribution < 1.29 is 59.2 Å². The van der Waals surface area contributed by atoms with Crippen LogP contribution >= 0.6 is 0 Å². The minimum Gasteiger partial charge on any atom is -0.507 e. The van der Waals surface area contributed by atoms with E-state index in [2.05, 4.69) is 0 Å². The molecule has 0 bridgehead atoms. The highest BCUT2D eigenvalue weighted by atomic mass is 16.7. The Balaban J connectivity index is 1.77. The van der Waals surface area contributed by atoms with Crippen molar-refractivity contribution in [1.29, 1.82) is 0 Å². The molecule has 4 rings (SSSR count). The van der Waals surface area contributed by atoms with Gasteiger partial charge in [-0.15, -0.1) is 0 Å². The van der Waals surface area contributed by atoms with Crippen molar-refractivity contribution >= 4 is 16.9 Å². The molecule has 1 aromatic heterocycles. The van der Waals surface area contributed by atoms with Gasteiger partial charge in [0.25, 0.3) is 0 Å². The zero-order valence-electron chi connectivity index (χ0n) is 18.2. The van der Waals surface area contributed by atoms with Gasteiger partial charge in [0.2, 0.25) is 12.0 Å². The summed E-state index contributed by atoms with van der Waals surface area (Å²) in [6.07, 6.45) is -7.90. The quantitative estimate of drug-likeness (QED) is 0.152. The lowest BCUT2D eigenvalue weighted by Crippen LogP contribution is -2.60. The van der Waals surface area contributed by atoms with E-state index in [1.165, 1.54) is 24.3 Å². The van der Waals surface area contributed by atoms with Gasteiger partial charge in [-0.25, -0.2) is 4.42 Å². The van der Waals surface area contributed by atoms with Crippen LogP contribution in [0.1, 0.15) is 6.92 Å². The number of esters is 1. The van der Waals surface area contributed by atoms with Gasteiger partial charge in [0, 0.05) is 25.1 Å². The SMILES string of the molecule is CC(=O)OC[C@@H]1OC(Oc2cc3c(O)cc(O)cc3[o+]c2-c2ccc(O)c(O)c2)C(O)[C@H](O)[C@H]1O. The summed E-state index contributed by atoms with van der Waals surface area (Å²) in [6.45, 7) is 0.718. The minimum atomic E-state index is -1.75. The number of aromatic hydroxyl groups is 4. The van der Waals surface area contributed by atoms with Crippen molar-refractivity contribution in [3.63, 3.8) is 0 Å². The molecule has 2 unspecified atom stereocenters. The number of hydrogen-bond donors (Lipinski definition) is 7. The molecule has 1 aliphatic heterocycles. The molecule has 0 aliphatic carbocycles. The topological polar surface area (TPSA) is 198 Å². The van der Waals surface area contributed by atoms with E-state index < -0.39 is 54.8 Å². The van der Waals surface area contributed by atoms with Gasteiger partial charge in [-0.3, -0.25) is 4.79 Å². The van der Waals surface area contributed by atoms with E-state index in [-0.39, 0.29) is 39.5 Å². The number of hydrogen-bond acceptors (Lipinski definition) is 11.